The molecule has 5 heteroatoms. The van der Waals surface area contributed by atoms with Gasteiger partial charge in [-0.1, -0.05) is 23.8 Å². The monoisotopic (exact) mass is 326 g/mol. The number of aryl methyl sites for hydroxylation is 2. The highest BCUT2D eigenvalue weighted by atomic mass is 16.5. The summed E-state index contributed by atoms with van der Waals surface area (Å²) in [7, 11) is 1.60. The predicted octanol–water partition coefficient (Wildman–Crippen LogP) is 3.38. The fourth-order valence-electron chi connectivity index (χ4n) is 2.18. The number of nitrogens with one attached hydrogen (secondary N) is 1. The topological polar surface area (TPSA) is 60.5 Å². The smallest absolute Gasteiger partial charge is 0.248 e. The number of nitrogens with zero attached hydrogens (tertiary/aromatic N) is 1. The molecule has 0 aliphatic rings. The van der Waals surface area contributed by atoms with Crippen LogP contribution in [-0.4, -0.2) is 31.2 Å². The molecule has 0 unspecified atom stereocenters. The summed E-state index contributed by atoms with van der Waals surface area (Å²) in [6.45, 7) is 4.89. The number of anilines is 1. The Hall–Kier alpha value is -2.66. The van der Waals surface area contributed by atoms with Crippen molar-refractivity contribution in [3.63, 3.8) is 0 Å². The van der Waals surface area contributed by atoms with Gasteiger partial charge in [-0.25, -0.2) is 4.98 Å². The summed E-state index contributed by atoms with van der Waals surface area (Å²) in [6.07, 6.45) is 4.92. The maximum atomic E-state index is 12.1. The number of methoxy groups -OCH3 is 1. The number of pyridine rings is 1. The molecule has 0 aliphatic carbocycles. The third kappa shape index (κ3) is 5.21. The molecule has 1 N–H and O–H groups in total. The average molecular weight is 326 g/mol. The Kier molecular flexibility index (Phi) is 6.51. The molecule has 0 bridgehead atoms. The first-order valence-electron chi connectivity index (χ1n) is 7.73. The molecule has 1 heterocycles. The van der Waals surface area contributed by atoms with Crippen LogP contribution in [0.3, 0.4) is 0 Å². The van der Waals surface area contributed by atoms with E-state index >= 15 is 0 Å². The molecular formula is C19H22N2O3. The number of benzene rings is 1. The number of carbonyl (C=O) groups is 1. The van der Waals surface area contributed by atoms with Gasteiger partial charge in [0.05, 0.1) is 6.61 Å². The van der Waals surface area contributed by atoms with Crippen LogP contribution in [0.15, 0.2) is 42.6 Å². The predicted molar refractivity (Wildman–Crippen MR) is 95.2 cm³/mol. The molecule has 0 spiro atoms. The Balaban J connectivity index is 2.03. The van der Waals surface area contributed by atoms with Gasteiger partial charge in [-0.2, -0.15) is 0 Å². The number of hydrogen-bond acceptors (Lipinski definition) is 4. The Morgan fingerprint density at radius 3 is 2.83 bits per heavy atom. The van der Waals surface area contributed by atoms with Crippen LogP contribution in [0.1, 0.15) is 16.7 Å². The zero-order valence-electron chi connectivity index (χ0n) is 14.2. The summed E-state index contributed by atoms with van der Waals surface area (Å²) in [6, 6.07) is 9.59. The number of aromatic nitrogens is 1. The molecule has 2 rings (SSSR count). The van der Waals surface area contributed by atoms with Gasteiger partial charge in [0.2, 0.25) is 11.8 Å². The standard InChI is InChI=1S/C19H22N2O3/c1-14-6-7-16(15(2)13-14)8-9-18(22)21-17-5-4-10-20-19(17)24-12-11-23-3/h4-10,13H,11-12H2,1-3H3,(H,21,22)/b9-8+. The van der Waals surface area contributed by atoms with E-state index in [4.69, 9.17) is 9.47 Å². The van der Waals surface area contributed by atoms with Gasteiger partial charge in [-0.05, 0) is 43.2 Å². The molecule has 0 atom stereocenters. The molecule has 0 fully saturated rings. The maximum Gasteiger partial charge on any atom is 0.248 e. The first-order chi connectivity index (χ1) is 11.6. The van der Waals surface area contributed by atoms with Crippen LogP contribution >= 0.6 is 0 Å². The summed E-state index contributed by atoms with van der Waals surface area (Å²) in [5.41, 5.74) is 3.87. The molecule has 24 heavy (non-hydrogen) atoms. The molecule has 1 aromatic heterocycles. The molecule has 0 aliphatic heterocycles. The second-order valence-electron chi connectivity index (χ2n) is 5.38. The lowest BCUT2D eigenvalue weighted by atomic mass is 10.1. The minimum Gasteiger partial charge on any atom is -0.474 e. The van der Waals surface area contributed by atoms with Crippen molar-refractivity contribution in [2.24, 2.45) is 0 Å². The van der Waals surface area contributed by atoms with Crippen molar-refractivity contribution >= 4 is 17.7 Å². The minimum absolute atomic E-state index is 0.237. The van der Waals surface area contributed by atoms with Crippen molar-refractivity contribution in [1.29, 1.82) is 0 Å². The normalized spacial score (nSPS) is 10.8. The maximum absolute atomic E-state index is 12.1. The molecule has 0 saturated heterocycles. The van der Waals surface area contributed by atoms with Crippen molar-refractivity contribution in [1.82, 2.24) is 4.98 Å². The van der Waals surface area contributed by atoms with Gasteiger partial charge < -0.3 is 14.8 Å². The van der Waals surface area contributed by atoms with Crippen molar-refractivity contribution in [2.75, 3.05) is 25.6 Å². The summed E-state index contributed by atoms with van der Waals surface area (Å²) in [4.78, 5) is 16.3. The number of rotatable bonds is 7. The van der Waals surface area contributed by atoms with Gasteiger partial charge in [0.1, 0.15) is 12.3 Å². The summed E-state index contributed by atoms with van der Waals surface area (Å²) in [5.74, 6) is 0.141. The van der Waals surface area contributed by atoms with E-state index in [0.717, 1.165) is 11.1 Å². The Morgan fingerprint density at radius 1 is 1.25 bits per heavy atom. The number of hydrogen-bond donors (Lipinski definition) is 1. The first-order valence-corrected chi connectivity index (χ1v) is 7.73. The minimum atomic E-state index is -0.237. The van der Waals surface area contributed by atoms with Crippen LogP contribution in [0.25, 0.3) is 6.08 Å². The quantitative estimate of drug-likeness (QED) is 0.626. The number of ether oxygens (including phenoxy) is 2. The van der Waals surface area contributed by atoms with Gasteiger partial charge in [0.25, 0.3) is 0 Å². The van der Waals surface area contributed by atoms with Crippen molar-refractivity contribution in [3.8, 4) is 5.88 Å². The summed E-state index contributed by atoms with van der Waals surface area (Å²) >= 11 is 0. The van der Waals surface area contributed by atoms with Gasteiger partial charge in [-0.15, -0.1) is 0 Å². The molecule has 5 nitrogen and oxygen atoms in total. The molecule has 1 amide bonds. The fraction of sp³-hybridized carbons (Fsp3) is 0.263. The van der Waals surface area contributed by atoms with E-state index in [2.05, 4.69) is 16.4 Å². The van der Waals surface area contributed by atoms with Gasteiger partial charge in [0, 0.05) is 19.4 Å². The summed E-state index contributed by atoms with van der Waals surface area (Å²) < 4.78 is 10.4. The van der Waals surface area contributed by atoms with Gasteiger partial charge in [0.15, 0.2) is 0 Å². The Bertz CT molecular complexity index is 726. The van der Waals surface area contributed by atoms with E-state index in [-0.39, 0.29) is 5.91 Å². The van der Waals surface area contributed by atoms with Gasteiger partial charge in [-0.3, -0.25) is 4.79 Å². The largest absolute Gasteiger partial charge is 0.474 e. The lowest BCUT2D eigenvalue weighted by molar-refractivity contribution is -0.111. The molecule has 0 radical (unpaired) electrons. The zero-order valence-corrected chi connectivity index (χ0v) is 14.2. The SMILES string of the molecule is COCCOc1ncccc1NC(=O)/C=C/c1ccc(C)cc1C. The molecular weight excluding hydrogens is 304 g/mol. The second-order valence-corrected chi connectivity index (χ2v) is 5.38. The van der Waals surface area contributed by atoms with E-state index in [1.807, 2.05) is 26.0 Å². The summed E-state index contributed by atoms with van der Waals surface area (Å²) in [5, 5.41) is 2.78. The van der Waals surface area contributed by atoms with Crippen molar-refractivity contribution < 1.29 is 14.3 Å². The van der Waals surface area contributed by atoms with Crippen LogP contribution in [0.5, 0.6) is 5.88 Å². The van der Waals surface area contributed by atoms with Crippen molar-refractivity contribution in [3.05, 3.63) is 59.3 Å². The fourth-order valence-corrected chi connectivity index (χ4v) is 2.18. The van der Waals surface area contributed by atoms with Crippen molar-refractivity contribution in [2.45, 2.75) is 13.8 Å². The van der Waals surface area contributed by atoms with Crippen LogP contribution in [0.4, 0.5) is 5.69 Å². The highest BCUT2D eigenvalue weighted by Gasteiger charge is 2.07. The molecule has 1 aromatic carbocycles. The van der Waals surface area contributed by atoms with Gasteiger partial charge >= 0.3 is 0 Å². The van der Waals surface area contributed by atoms with E-state index in [1.54, 1.807) is 31.5 Å². The number of amides is 1. The van der Waals surface area contributed by atoms with Crippen LogP contribution in [-0.2, 0) is 9.53 Å². The first kappa shape index (κ1) is 17.7. The molecule has 126 valence electrons. The van der Waals surface area contributed by atoms with E-state index in [0.29, 0.717) is 24.8 Å². The van der Waals surface area contributed by atoms with Crippen LogP contribution in [0.2, 0.25) is 0 Å². The van der Waals surface area contributed by atoms with Crippen LogP contribution < -0.4 is 10.1 Å². The highest BCUT2D eigenvalue weighted by Crippen LogP contribution is 2.20. The Morgan fingerprint density at radius 2 is 2.08 bits per heavy atom. The lowest BCUT2D eigenvalue weighted by Gasteiger charge is -2.09. The average Bonchev–Trinajstić information content (AvgIpc) is 2.56. The second kappa shape index (κ2) is 8.84. The van der Waals surface area contributed by atoms with E-state index < -0.39 is 0 Å². The molecule has 2 aromatic rings. The molecule has 0 saturated carbocycles. The van der Waals surface area contributed by atoms with E-state index in [9.17, 15) is 4.79 Å². The lowest BCUT2D eigenvalue weighted by Crippen LogP contribution is -2.12. The zero-order chi connectivity index (χ0) is 17.4. The Labute approximate surface area is 142 Å². The van der Waals surface area contributed by atoms with E-state index in [1.165, 1.54) is 11.6 Å². The highest BCUT2D eigenvalue weighted by molar-refractivity contribution is 6.02. The third-order valence-electron chi connectivity index (χ3n) is 3.39. The number of carbonyl (C=O) groups excluding carboxylic acids is 1. The van der Waals surface area contributed by atoms with Crippen LogP contribution in [0, 0.1) is 13.8 Å². The third-order valence-corrected chi connectivity index (χ3v) is 3.39.